The zero-order valence-electron chi connectivity index (χ0n) is 11.5. The lowest BCUT2D eigenvalue weighted by Crippen LogP contribution is -2.37. The first-order valence-corrected chi connectivity index (χ1v) is 10.6. The first-order chi connectivity index (χ1) is 8.39. The smallest absolute Gasteiger partial charge is 0.185 e. The van der Waals surface area contributed by atoms with Crippen molar-refractivity contribution >= 4 is 30.1 Å². The summed E-state index contributed by atoms with van der Waals surface area (Å²) in [6.07, 6.45) is 0.765. The Morgan fingerprint density at radius 2 is 2.06 bits per heavy atom. The molecular weight excluding hydrogens is 256 g/mol. The summed E-state index contributed by atoms with van der Waals surface area (Å²) >= 11 is 1.34. The summed E-state index contributed by atoms with van der Waals surface area (Å²) in [6, 6.07) is 8.54. The zero-order valence-corrected chi connectivity index (χ0v) is 13.4. The van der Waals surface area contributed by atoms with E-state index < -0.39 is 8.07 Å². The molecule has 0 atom stereocenters. The van der Waals surface area contributed by atoms with Crippen LogP contribution in [0.1, 0.15) is 18.9 Å². The first-order valence-electron chi connectivity index (χ1n) is 6.12. The second-order valence-electron chi connectivity index (χ2n) is 5.22. The van der Waals surface area contributed by atoms with Crippen LogP contribution in [-0.4, -0.2) is 18.9 Å². The molecule has 0 unspecified atom stereocenters. The molecule has 96 valence electrons. The highest BCUT2D eigenvalue weighted by Crippen LogP contribution is 2.05. The molecular formula is C15H20OSSi. The van der Waals surface area contributed by atoms with Crippen LogP contribution in [0.5, 0.6) is 0 Å². The van der Waals surface area contributed by atoms with Crippen molar-refractivity contribution in [2.24, 2.45) is 0 Å². The lowest BCUT2D eigenvalue weighted by molar-refractivity contribution is -0.109. The van der Waals surface area contributed by atoms with E-state index in [-0.39, 0.29) is 5.12 Å². The van der Waals surface area contributed by atoms with Gasteiger partial charge in [-0.05, 0) is 12.1 Å². The van der Waals surface area contributed by atoms with Crippen LogP contribution >= 0.6 is 11.8 Å². The van der Waals surface area contributed by atoms with Crippen LogP contribution in [0.3, 0.4) is 0 Å². The Kier molecular flexibility index (Phi) is 5.71. The van der Waals surface area contributed by atoms with Crippen LogP contribution in [0.15, 0.2) is 24.3 Å². The molecule has 0 spiro atoms. The zero-order chi connectivity index (χ0) is 13.6. The van der Waals surface area contributed by atoms with Crippen molar-refractivity contribution in [3.63, 3.8) is 0 Å². The lowest BCUT2D eigenvalue weighted by Gasteiger charge is -2.16. The Morgan fingerprint density at radius 1 is 1.33 bits per heavy atom. The number of rotatable bonds is 3. The fourth-order valence-electron chi connectivity index (χ4n) is 1.47. The molecule has 0 aromatic heterocycles. The van der Waals surface area contributed by atoms with Crippen LogP contribution in [0.2, 0.25) is 19.6 Å². The monoisotopic (exact) mass is 276 g/mol. The third kappa shape index (κ3) is 5.57. The average molecular weight is 276 g/mol. The van der Waals surface area contributed by atoms with E-state index in [0.717, 1.165) is 17.7 Å². The second-order valence-corrected chi connectivity index (χ2v) is 11.6. The predicted molar refractivity (Wildman–Crippen MR) is 84.1 cm³/mol. The molecule has 0 aliphatic carbocycles. The normalized spacial score (nSPS) is 10.7. The molecule has 1 rings (SSSR count). The average Bonchev–Trinajstić information content (AvgIpc) is 2.27. The summed E-state index contributed by atoms with van der Waals surface area (Å²) in [5.41, 5.74) is 1.09. The van der Waals surface area contributed by atoms with E-state index in [4.69, 9.17) is 0 Å². The molecule has 0 bridgehead atoms. The van der Waals surface area contributed by atoms with Gasteiger partial charge in [0.15, 0.2) is 5.12 Å². The van der Waals surface area contributed by atoms with Crippen molar-refractivity contribution in [3.8, 4) is 11.8 Å². The van der Waals surface area contributed by atoms with Gasteiger partial charge in [-0.15, -0.1) is 0 Å². The fraction of sp³-hybridized carbons (Fsp3) is 0.400. The van der Waals surface area contributed by atoms with Crippen molar-refractivity contribution < 1.29 is 4.79 Å². The molecule has 0 radical (unpaired) electrons. The summed E-state index contributed by atoms with van der Waals surface area (Å²) in [7, 11) is -1.25. The third-order valence-electron chi connectivity index (χ3n) is 2.49. The minimum absolute atomic E-state index is 0.164. The van der Waals surface area contributed by atoms with Gasteiger partial charge in [-0.2, -0.15) is 0 Å². The minimum Gasteiger partial charge on any atom is -0.288 e. The summed E-state index contributed by atoms with van der Waals surface area (Å²) in [5, 5.41) is 1.60. The van der Waals surface area contributed by atoms with Gasteiger partial charge in [0.25, 0.3) is 0 Å². The van der Waals surface area contributed by atoms with Gasteiger partial charge in [-0.1, -0.05) is 60.6 Å². The number of benzene rings is 1. The van der Waals surface area contributed by atoms with Crippen molar-refractivity contribution in [3.05, 3.63) is 29.8 Å². The molecule has 3 heteroatoms. The molecule has 0 saturated heterocycles. The number of hydrogen-bond donors (Lipinski definition) is 0. The van der Waals surface area contributed by atoms with Gasteiger partial charge < -0.3 is 0 Å². The third-order valence-corrected chi connectivity index (χ3v) is 5.35. The maximum Gasteiger partial charge on any atom is 0.185 e. The van der Waals surface area contributed by atoms with E-state index in [1.54, 1.807) is 6.92 Å². The van der Waals surface area contributed by atoms with E-state index >= 15 is 0 Å². The Hall–Kier alpha value is -0.983. The lowest BCUT2D eigenvalue weighted by atomic mass is 10.2. The van der Waals surface area contributed by atoms with Gasteiger partial charge in [0, 0.05) is 24.7 Å². The SMILES string of the molecule is CC(=O)SCCC#Cc1cccc([Si](C)(C)C)c1. The van der Waals surface area contributed by atoms with Crippen molar-refractivity contribution in [2.75, 3.05) is 5.75 Å². The van der Waals surface area contributed by atoms with Crippen LogP contribution in [-0.2, 0) is 4.79 Å². The molecule has 1 aromatic carbocycles. The van der Waals surface area contributed by atoms with E-state index in [1.807, 2.05) is 0 Å². The molecule has 0 aliphatic heterocycles. The van der Waals surface area contributed by atoms with E-state index in [2.05, 4.69) is 55.7 Å². The predicted octanol–water partition coefficient (Wildman–Crippen LogP) is 3.25. The Bertz CT molecular complexity index is 477. The fourth-order valence-corrected chi connectivity index (χ4v) is 3.15. The summed E-state index contributed by atoms with van der Waals surface area (Å²) in [5.74, 6) is 7.09. The van der Waals surface area contributed by atoms with Gasteiger partial charge in [0.05, 0.1) is 8.07 Å². The van der Waals surface area contributed by atoms with E-state index in [0.29, 0.717) is 0 Å². The van der Waals surface area contributed by atoms with Gasteiger partial charge in [-0.25, -0.2) is 0 Å². The molecule has 0 amide bonds. The first kappa shape index (κ1) is 15.1. The van der Waals surface area contributed by atoms with Gasteiger partial charge in [-0.3, -0.25) is 4.79 Å². The van der Waals surface area contributed by atoms with E-state index in [9.17, 15) is 4.79 Å². The van der Waals surface area contributed by atoms with Crippen molar-refractivity contribution in [2.45, 2.75) is 33.0 Å². The van der Waals surface area contributed by atoms with Crippen molar-refractivity contribution in [1.29, 1.82) is 0 Å². The highest BCUT2D eigenvalue weighted by atomic mass is 32.2. The maximum absolute atomic E-state index is 10.8. The van der Waals surface area contributed by atoms with Crippen LogP contribution < -0.4 is 5.19 Å². The molecule has 1 nitrogen and oxygen atoms in total. The summed E-state index contributed by atoms with van der Waals surface area (Å²) in [4.78, 5) is 10.8. The second kappa shape index (κ2) is 6.82. The highest BCUT2D eigenvalue weighted by Gasteiger charge is 2.15. The molecule has 1 aromatic rings. The summed E-state index contributed by atoms with van der Waals surface area (Å²) in [6.45, 7) is 8.60. The molecule has 18 heavy (non-hydrogen) atoms. The number of thioether (sulfide) groups is 1. The summed E-state index contributed by atoms with van der Waals surface area (Å²) < 4.78 is 0. The Balaban J connectivity index is 2.63. The van der Waals surface area contributed by atoms with Gasteiger partial charge >= 0.3 is 0 Å². The molecule has 0 saturated carbocycles. The quantitative estimate of drug-likeness (QED) is 0.479. The largest absolute Gasteiger partial charge is 0.288 e. The molecule has 0 N–H and O–H groups in total. The van der Waals surface area contributed by atoms with Crippen LogP contribution in [0.25, 0.3) is 0 Å². The van der Waals surface area contributed by atoms with Gasteiger partial charge in [0.1, 0.15) is 0 Å². The standard InChI is InChI=1S/C15H20OSSi/c1-13(16)17-11-6-5-8-14-9-7-10-15(12-14)18(2,3)4/h7,9-10,12H,6,11H2,1-4H3. The van der Waals surface area contributed by atoms with Gasteiger partial charge in [0.2, 0.25) is 0 Å². The number of hydrogen-bond acceptors (Lipinski definition) is 2. The van der Waals surface area contributed by atoms with Crippen LogP contribution in [0, 0.1) is 11.8 Å². The molecule has 0 aliphatic rings. The number of carbonyl (C=O) groups is 1. The maximum atomic E-state index is 10.8. The Labute approximate surface area is 115 Å². The number of carbonyl (C=O) groups excluding carboxylic acids is 1. The Morgan fingerprint density at radius 3 is 2.67 bits per heavy atom. The topological polar surface area (TPSA) is 17.1 Å². The molecule has 0 heterocycles. The molecule has 0 fully saturated rings. The van der Waals surface area contributed by atoms with Crippen molar-refractivity contribution in [1.82, 2.24) is 0 Å². The minimum atomic E-state index is -1.25. The van der Waals surface area contributed by atoms with E-state index in [1.165, 1.54) is 16.9 Å². The van der Waals surface area contributed by atoms with Crippen LogP contribution in [0.4, 0.5) is 0 Å². The highest BCUT2D eigenvalue weighted by molar-refractivity contribution is 8.13.